The fourth-order valence-electron chi connectivity index (χ4n) is 3.99. The molecule has 0 heterocycles. The smallest absolute Gasteiger partial charge is 0.227 e. The molecule has 2 aromatic rings. The van der Waals surface area contributed by atoms with Crippen LogP contribution in [0.4, 0.5) is 11.4 Å². The molecule has 0 spiro atoms. The molecular formula is C23H28N2O2. The van der Waals surface area contributed by atoms with E-state index < -0.39 is 0 Å². The molecule has 4 nitrogen and oxygen atoms in total. The van der Waals surface area contributed by atoms with E-state index in [1.807, 2.05) is 44.2 Å². The number of amides is 2. The predicted molar refractivity (Wildman–Crippen MR) is 110 cm³/mol. The molecule has 2 amide bonds. The molecule has 1 saturated carbocycles. The van der Waals surface area contributed by atoms with Crippen molar-refractivity contribution >= 4 is 23.2 Å². The van der Waals surface area contributed by atoms with Crippen molar-refractivity contribution in [1.82, 2.24) is 0 Å². The second-order valence-electron chi connectivity index (χ2n) is 7.67. The average molecular weight is 364 g/mol. The van der Waals surface area contributed by atoms with Gasteiger partial charge in [0.25, 0.3) is 0 Å². The first-order valence-electron chi connectivity index (χ1n) is 9.68. The third-order valence-electron chi connectivity index (χ3n) is 5.44. The Hall–Kier alpha value is -2.62. The number of hydrogen-bond donors (Lipinski definition) is 2. The highest BCUT2D eigenvalue weighted by molar-refractivity contribution is 5.95. The highest BCUT2D eigenvalue weighted by Crippen LogP contribution is 2.31. The van der Waals surface area contributed by atoms with E-state index in [1.165, 1.54) is 5.56 Å². The van der Waals surface area contributed by atoms with Crippen LogP contribution in [-0.4, -0.2) is 11.8 Å². The van der Waals surface area contributed by atoms with Crippen LogP contribution < -0.4 is 10.6 Å². The number of aryl methyl sites for hydroxylation is 3. The quantitative estimate of drug-likeness (QED) is 0.802. The molecule has 1 fully saturated rings. The minimum atomic E-state index is -0.0223. The van der Waals surface area contributed by atoms with E-state index in [-0.39, 0.29) is 23.7 Å². The fourth-order valence-corrected chi connectivity index (χ4v) is 3.99. The van der Waals surface area contributed by atoms with E-state index in [0.717, 1.165) is 48.2 Å². The summed E-state index contributed by atoms with van der Waals surface area (Å²) < 4.78 is 0. The molecule has 0 aromatic heterocycles. The van der Waals surface area contributed by atoms with Gasteiger partial charge in [-0.25, -0.2) is 0 Å². The molecule has 0 radical (unpaired) electrons. The molecule has 142 valence electrons. The minimum absolute atomic E-state index is 0.0166. The Kier molecular flexibility index (Phi) is 5.94. The van der Waals surface area contributed by atoms with Crippen LogP contribution in [-0.2, 0) is 9.59 Å². The minimum Gasteiger partial charge on any atom is -0.326 e. The third kappa shape index (κ3) is 4.76. The SMILES string of the molecule is Cc1cc(C)c(NC(=O)C2CCC(C(=O)Nc3ccccc3)CC2)c(C)c1. The van der Waals surface area contributed by atoms with Crippen molar-refractivity contribution < 1.29 is 9.59 Å². The monoisotopic (exact) mass is 364 g/mol. The largest absolute Gasteiger partial charge is 0.326 e. The lowest BCUT2D eigenvalue weighted by Crippen LogP contribution is -2.32. The number of anilines is 2. The molecule has 1 aliphatic carbocycles. The lowest BCUT2D eigenvalue weighted by atomic mass is 9.81. The summed E-state index contributed by atoms with van der Waals surface area (Å²) in [7, 11) is 0. The molecule has 0 bridgehead atoms. The van der Waals surface area contributed by atoms with Crippen LogP contribution in [0.1, 0.15) is 42.4 Å². The maximum absolute atomic E-state index is 12.7. The van der Waals surface area contributed by atoms with Crippen LogP contribution in [0.2, 0.25) is 0 Å². The first-order valence-corrected chi connectivity index (χ1v) is 9.68. The van der Waals surface area contributed by atoms with Gasteiger partial charge in [-0.2, -0.15) is 0 Å². The molecule has 0 unspecified atom stereocenters. The summed E-state index contributed by atoms with van der Waals surface area (Å²) in [5, 5.41) is 6.10. The van der Waals surface area contributed by atoms with Gasteiger partial charge in [-0.3, -0.25) is 9.59 Å². The molecule has 2 aromatic carbocycles. The zero-order valence-corrected chi connectivity index (χ0v) is 16.3. The van der Waals surface area contributed by atoms with Gasteiger partial charge in [0.2, 0.25) is 11.8 Å². The first-order chi connectivity index (χ1) is 12.9. The lowest BCUT2D eigenvalue weighted by Gasteiger charge is -2.27. The Morgan fingerprint density at radius 1 is 0.778 bits per heavy atom. The maximum Gasteiger partial charge on any atom is 0.227 e. The topological polar surface area (TPSA) is 58.2 Å². The second kappa shape index (κ2) is 8.38. The number of benzene rings is 2. The number of carbonyl (C=O) groups excluding carboxylic acids is 2. The van der Waals surface area contributed by atoms with Gasteiger partial charge >= 0.3 is 0 Å². The Morgan fingerprint density at radius 2 is 1.26 bits per heavy atom. The van der Waals surface area contributed by atoms with Crippen LogP contribution in [0, 0.1) is 32.6 Å². The molecule has 0 saturated heterocycles. The van der Waals surface area contributed by atoms with Crippen molar-refractivity contribution in [3.63, 3.8) is 0 Å². The molecule has 0 aliphatic heterocycles. The van der Waals surface area contributed by atoms with Crippen molar-refractivity contribution in [2.24, 2.45) is 11.8 Å². The number of hydrogen-bond acceptors (Lipinski definition) is 2. The standard InChI is InChI=1S/C23H28N2O2/c1-15-13-16(2)21(17(3)14-15)25-23(27)19-11-9-18(10-12-19)22(26)24-20-7-5-4-6-8-20/h4-8,13-14,18-19H,9-12H2,1-3H3,(H,24,26)(H,25,27). The van der Waals surface area contributed by atoms with Gasteiger partial charge in [0.05, 0.1) is 0 Å². The highest BCUT2D eigenvalue weighted by atomic mass is 16.2. The van der Waals surface area contributed by atoms with Crippen LogP contribution in [0.15, 0.2) is 42.5 Å². The molecule has 0 atom stereocenters. The van der Waals surface area contributed by atoms with Gasteiger partial charge in [0.1, 0.15) is 0 Å². The maximum atomic E-state index is 12.7. The van der Waals surface area contributed by atoms with Gasteiger partial charge < -0.3 is 10.6 Å². The van der Waals surface area contributed by atoms with Crippen LogP contribution in [0.25, 0.3) is 0 Å². The molecule has 27 heavy (non-hydrogen) atoms. The predicted octanol–water partition coefficient (Wildman–Crippen LogP) is 5.00. The molecule has 1 aliphatic rings. The van der Waals surface area contributed by atoms with Crippen LogP contribution in [0.5, 0.6) is 0 Å². The van der Waals surface area contributed by atoms with Crippen LogP contribution in [0.3, 0.4) is 0 Å². The summed E-state index contributed by atoms with van der Waals surface area (Å²) in [6.45, 7) is 6.12. The number of nitrogens with one attached hydrogen (secondary N) is 2. The average Bonchev–Trinajstić information content (AvgIpc) is 2.65. The Morgan fingerprint density at radius 3 is 1.78 bits per heavy atom. The third-order valence-corrected chi connectivity index (χ3v) is 5.44. The van der Waals surface area contributed by atoms with Crippen molar-refractivity contribution in [2.75, 3.05) is 10.6 Å². The van der Waals surface area contributed by atoms with E-state index in [2.05, 4.69) is 29.7 Å². The van der Waals surface area contributed by atoms with Crippen molar-refractivity contribution in [2.45, 2.75) is 46.5 Å². The zero-order valence-electron chi connectivity index (χ0n) is 16.3. The molecule has 2 N–H and O–H groups in total. The van der Waals surface area contributed by atoms with Crippen molar-refractivity contribution in [3.8, 4) is 0 Å². The number of carbonyl (C=O) groups is 2. The van der Waals surface area contributed by atoms with E-state index in [9.17, 15) is 9.59 Å². The molecule has 3 rings (SSSR count). The van der Waals surface area contributed by atoms with Gasteiger partial charge in [-0.1, -0.05) is 35.9 Å². The van der Waals surface area contributed by atoms with Crippen molar-refractivity contribution in [1.29, 1.82) is 0 Å². The van der Waals surface area contributed by atoms with Crippen LogP contribution >= 0.6 is 0 Å². The van der Waals surface area contributed by atoms with Gasteiger partial charge in [0.15, 0.2) is 0 Å². The summed E-state index contributed by atoms with van der Waals surface area (Å²) in [5.74, 6) is 0.0974. The number of rotatable bonds is 4. The van der Waals surface area contributed by atoms with Gasteiger partial charge in [-0.05, 0) is 69.7 Å². The summed E-state index contributed by atoms with van der Waals surface area (Å²) in [6, 6.07) is 13.7. The summed E-state index contributed by atoms with van der Waals surface area (Å²) >= 11 is 0. The Balaban J connectivity index is 1.54. The normalized spacial score (nSPS) is 19.4. The summed E-state index contributed by atoms with van der Waals surface area (Å²) in [4.78, 5) is 25.2. The summed E-state index contributed by atoms with van der Waals surface area (Å²) in [6.07, 6.45) is 3.01. The Bertz CT molecular complexity index is 799. The summed E-state index contributed by atoms with van der Waals surface area (Å²) in [5.41, 5.74) is 5.14. The Labute approximate surface area is 161 Å². The zero-order chi connectivity index (χ0) is 19.4. The van der Waals surface area contributed by atoms with E-state index in [1.54, 1.807) is 0 Å². The fraction of sp³-hybridized carbons (Fsp3) is 0.391. The van der Waals surface area contributed by atoms with Gasteiger partial charge in [-0.15, -0.1) is 0 Å². The second-order valence-corrected chi connectivity index (χ2v) is 7.67. The first kappa shape index (κ1) is 19.2. The highest BCUT2D eigenvalue weighted by Gasteiger charge is 2.30. The number of para-hydroxylation sites is 1. The molecular weight excluding hydrogens is 336 g/mol. The van der Waals surface area contributed by atoms with Crippen molar-refractivity contribution in [3.05, 3.63) is 59.2 Å². The molecule has 4 heteroatoms. The van der Waals surface area contributed by atoms with E-state index in [0.29, 0.717) is 0 Å². The van der Waals surface area contributed by atoms with Gasteiger partial charge in [0, 0.05) is 23.2 Å². The lowest BCUT2D eigenvalue weighted by molar-refractivity contribution is -0.125. The van der Waals surface area contributed by atoms with E-state index >= 15 is 0 Å². The van der Waals surface area contributed by atoms with E-state index in [4.69, 9.17) is 0 Å².